The summed E-state index contributed by atoms with van der Waals surface area (Å²) in [7, 11) is 0. The van der Waals surface area contributed by atoms with E-state index < -0.39 is 11.9 Å². The number of aliphatic imine (C=N–C) groups is 1. The van der Waals surface area contributed by atoms with Gasteiger partial charge in [0.05, 0.1) is 16.1 Å². The van der Waals surface area contributed by atoms with E-state index >= 15 is 4.39 Å². The highest BCUT2D eigenvalue weighted by atomic mass is 35.5. The molecule has 2 amide bonds. The number of nitrogens with zero attached hydrogens (tertiary/aromatic N) is 1. The molecule has 3 aliphatic carbocycles. The highest BCUT2D eigenvalue weighted by molar-refractivity contribution is 6.42. The van der Waals surface area contributed by atoms with Crippen LogP contribution in [-0.2, 0) is 9.59 Å². The molecule has 0 saturated heterocycles. The summed E-state index contributed by atoms with van der Waals surface area (Å²) in [6, 6.07) is 2.22. The maximum atomic E-state index is 15.1. The monoisotopic (exact) mass is 531 g/mol. The molecule has 0 spiro atoms. The van der Waals surface area contributed by atoms with E-state index in [2.05, 4.69) is 34.0 Å². The van der Waals surface area contributed by atoms with Crippen LogP contribution in [-0.4, -0.2) is 24.1 Å². The molecule has 3 fully saturated rings. The second-order valence-corrected chi connectivity index (χ2v) is 11.1. The van der Waals surface area contributed by atoms with Gasteiger partial charge >= 0.3 is 0 Å². The molecule has 0 radical (unpaired) electrons. The Bertz CT molecular complexity index is 1130. The SMILES string of the molecule is C=C(C#CCCC(=O)NC1CC(C(=O)N[C@H](c2c(F)ccc(Cl)c2Cl)C23CCC(CC2)C3)C1)N=CC. The van der Waals surface area contributed by atoms with Gasteiger partial charge in [0.1, 0.15) is 11.5 Å². The second-order valence-electron chi connectivity index (χ2n) is 10.3. The molecule has 0 aromatic heterocycles. The smallest absolute Gasteiger partial charge is 0.223 e. The van der Waals surface area contributed by atoms with Gasteiger partial charge in [0.2, 0.25) is 11.8 Å². The maximum Gasteiger partial charge on any atom is 0.223 e. The van der Waals surface area contributed by atoms with Gasteiger partial charge in [-0.25, -0.2) is 4.39 Å². The van der Waals surface area contributed by atoms with Gasteiger partial charge in [-0.1, -0.05) is 35.7 Å². The molecule has 36 heavy (non-hydrogen) atoms. The van der Waals surface area contributed by atoms with Crippen molar-refractivity contribution >= 4 is 41.2 Å². The summed E-state index contributed by atoms with van der Waals surface area (Å²) < 4.78 is 15.1. The third kappa shape index (κ3) is 5.79. The Balaban J connectivity index is 1.34. The molecule has 2 N–H and O–H groups in total. The molecule has 0 unspecified atom stereocenters. The summed E-state index contributed by atoms with van der Waals surface area (Å²) in [6.07, 6.45) is 8.45. The number of nitrogens with one attached hydrogen (secondary N) is 2. The molecular weight excluding hydrogens is 500 g/mol. The number of rotatable bonds is 8. The van der Waals surface area contributed by atoms with Crippen molar-refractivity contribution in [3.8, 4) is 11.8 Å². The van der Waals surface area contributed by atoms with E-state index in [1.807, 2.05) is 0 Å². The van der Waals surface area contributed by atoms with E-state index in [1.165, 1.54) is 12.1 Å². The van der Waals surface area contributed by atoms with Gasteiger partial charge in [0.15, 0.2) is 0 Å². The molecule has 3 saturated carbocycles. The first kappa shape index (κ1) is 26.7. The largest absolute Gasteiger partial charge is 0.353 e. The van der Waals surface area contributed by atoms with Gasteiger partial charge in [-0.3, -0.25) is 14.6 Å². The molecule has 192 valence electrons. The molecule has 5 nitrogen and oxygen atoms in total. The number of carbonyl (C=O) groups is 2. The van der Waals surface area contributed by atoms with E-state index in [-0.39, 0.29) is 45.7 Å². The maximum absolute atomic E-state index is 15.1. The minimum Gasteiger partial charge on any atom is -0.353 e. The van der Waals surface area contributed by atoms with E-state index in [0.717, 1.165) is 32.1 Å². The van der Waals surface area contributed by atoms with Gasteiger partial charge in [-0.15, -0.1) is 0 Å². The van der Waals surface area contributed by atoms with E-state index in [1.54, 1.807) is 13.1 Å². The molecule has 0 aliphatic heterocycles. The average Bonchev–Trinajstić information content (AvgIpc) is 3.43. The lowest BCUT2D eigenvalue weighted by molar-refractivity contribution is -0.132. The van der Waals surface area contributed by atoms with Crippen LogP contribution in [0, 0.1) is 34.9 Å². The predicted molar refractivity (Wildman–Crippen MR) is 141 cm³/mol. The van der Waals surface area contributed by atoms with Crippen LogP contribution in [0.3, 0.4) is 0 Å². The lowest BCUT2D eigenvalue weighted by Crippen LogP contribution is -2.51. The number of allylic oxidation sites excluding steroid dienone is 1. The van der Waals surface area contributed by atoms with E-state index in [4.69, 9.17) is 23.2 Å². The summed E-state index contributed by atoms with van der Waals surface area (Å²) in [4.78, 5) is 29.4. The summed E-state index contributed by atoms with van der Waals surface area (Å²) in [6.45, 7) is 5.49. The zero-order valence-corrected chi connectivity index (χ0v) is 22.0. The van der Waals surface area contributed by atoms with Gasteiger partial charge < -0.3 is 10.6 Å². The number of halogens is 3. The second kappa shape index (κ2) is 11.4. The summed E-state index contributed by atoms with van der Waals surface area (Å²) in [5, 5.41) is 6.60. The minimum atomic E-state index is -0.511. The quantitative estimate of drug-likeness (QED) is 0.240. The van der Waals surface area contributed by atoms with Crippen LogP contribution in [0.2, 0.25) is 10.0 Å². The summed E-state index contributed by atoms with van der Waals surface area (Å²) in [5.74, 6) is 5.43. The Morgan fingerprint density at radius 3 is 2.67 bits per heavy atom. The highest BCUT2D eigenvalue weighted by Gasteiger charge is 2.52. The van der Waals surface area contributed by atoms with Gasteiger partial charge in [0, 0.05) is 36.6 Å². The Morgan fingerprint density at radius 2 is 2.03 bits per heavy atom. The standard InChI is InChI=1S/C28H32Cl2FN3O2/c1-3-32-17(2)6-4-5-7-23(35)33-20-14-19(15-20)27(36)34-26(28-12-10-18(16-28)11-13-28)24-22(31)9-8-21(29)25(24)30/h3,8-9,18-20,26H,2,5,7,10-16H2,1H3,(H,33,35)(H,34,36)/t18?,19?,20?,26-,28?/m1/s1. The Hall–Kier alpha value is -2.36. The lowest BCUT2D eigenvalue weighted by Gasteiger charge is -2.41. The zero-order valence-electron chi connectivity index (χ0n) is 20.5. The predicted octanol–water partition coefficient (Wildman–Crippen LogP) is 6.15. The minimum absolute atomic E-state index is 0.0497. The van der Waals surface area contributed by atoms with Crippen LogP contribution in [0.25, 0.3) is 0 Å². The van der Waals surface area contributed by atoms with Crippen LogP contribution in [0.15, 0.2) is 29.4 Å². The van der Waals surface area contributed by atoms with Crippen molar-refractivity contribution < 1.29 is 14.0 Å². The highest BCUT2D eigenvalue weighted by Crippen LogP contribution is 2.61. The van der Waals surface area contributed by atoms with Gasteiger partial charge in [-0.2, -0.15) is 0 Å². The fraction of sp³-hybridized carbons (Fsp3) is 0.536. The first-order valence-corrected chi connectivity index (χ1v) is 13.4. The fourth-order valence-electron chi connectivity index (χ4n) is 6.02. The molecule has 1 aromatic rings. The van der Waals surface area contributed by atoms with Crippen molar-refractivity contribution in [1.82, 2.24) is 10.6 Å². The number of amides is 2. The van der Waals surface area contributed by atoms with Crippen molar-refractivity contribution in [2.45, 2.75) is 76.8 Å². The average molecular weight is 532 g/mol. The van der Waals surface area contributed by atoms with E-state index in [0.29, 0.717) is 36.4 Å². The van der Waals surface area contributed by atoms with Crippen LogP contribution < -0.4 is 10.6 Å². The first-order valence-electron chi connectivity index (χ1n) is 12.6. The van der Waals surface area contributed by atoms with Crippen molar-refractivity contribution in [2.24, 2.45) is 22.2 Å². The summed E-state index contributed by atoms with van der Waals surface area (Å²) >= 11 is 12.7. The van der Waals surface area contributed by atoms with Crippen LogP contribution >= 0.6 is 23.2 Å². The van der Waals surface area contributed by atoms with Crippen molar-refractivity contribution in [3.63, 3.8) is 0 Å². The normalized spacial score (nSPS) is 27.2. The topological polar surface area (TPSA) is 70.6 Å². The molecule has 0 heterocycles. The Morgan fingerprint density at radius 1 is 1.31 bits per heavy atom. The molecule has 3 aliphatic rings. The molecule has 4 rings (SSSR count). The van der Waals surface area contributed by atoms with Gasteiger partial charge in [0.25, 0.3) is 0 Å². The number of hydrogen-bond donors (Lipinski definition) is 2. The number of benzene rings is 1. The Kier molecular flexibility index (Phi) is 8.42. The molecule has 8 heteroatoms. The molecule has 2 bridgehead atoms. The Labute approximate surface area is 222 Å². The van der Waals surface area contributed by atoms with Gasteiger partial charge in [-0.05, 0) is 81.3 Å². The zero-order chi connectivity index (χ0) is 25.9. The van der Waals surface area contributed by atoms with Crippen molar-refractivity contribution in [3.05, 3.63) is 45.8 Å². The number of fused-ring (bicyclic) bond motifs is 2. The third-order valence-electron chi connectivity index (χ3n) is 7.93. The van der Waals surface area contributed by atoms with Crippen molar-refractivity contribution in [2.75, 3.05) is 0 Å². The van der Waals surface area contributed by atoms with Crippen molar-refractivity contribution in [1.29, 1.82) is 0 Å². The summed E-state index contributed by atoms with van der Waals surface area (Å²) in [5.41, 5.74) is 0.577. The number of carbonyl (C=O) groups excluding carboxylic acids is 2. The van der Waals surface area contributed by atoms with E-state index in [9.17, 15) is 9.59 Å². The van der Waals surface area contributed by atoms with Crippen LogP contribution in [0.4, 0.5) is 4.39 Å². The molecule has 1 atom stereocenters. The van der Waals surface area contributed by atoms with Crippen LogP contribution in [0.1, 0.15) is 76.3 Å². The third-order valence-corrected chi connectivity index (χ3v) is 8.75. The fourth-order valence-corrected chi connectivity index (χ4v) is 6.45. The first-order chi connectivity index (χ1) is 17.2. The molecule has 1 aromatic carbocycles. The van der Waals surface area contributed by atoms with Crippen LogP contribution in [0.5, 0.6) is 0 Å². The molecular formula is C28H32Cl2FN3O2. The lowest BCUT2D eigenvalue weighted by atomic mass is 9.73. The number of hydrogen-bond acceptors (Lipinski definition) is 3.